The quantitative estimate of drug-likeness (QED) is 0.529. The zero-order valence-electron chi connectivity index (χ0n) is 15.8. The first-order valence-electron chi connectivity index (χ1n) is 8.83. The second-order valence-corrected chi connectivity index (χ2v) is 9.30. The van der Waals surface area contributed by atoms with Gasteiger partial charge in [0, 0.05) is 0 Å². The van der Waals surface area contributed by atoms with Crippen LogP contribution in [0, 0.1) is 11.3 Å². The SMILES string of the molecule is C=Cc1ccc(S(=O)(=O)N(Cc2ccc(C#N)cc2)S(=O)Oc2ccccc2)cc1. The van der Waals surface area contributed by atoms with E-state index in [2.05, 4.69) is 6.58 Å². The third-order valence-corrected chi connectivity index (χ3v) is 7.44. The summed E-state index contributed by atoms with van der Waals surface area (Å²) in [6.07, 6.45) is 1.60. The number of sulfonamides is 1. The van der Waals surface area contributed by atoms with E-state index in [1.54, 1.807) is 72.8 Å². The third-order valence-electron chi connectivity index (χ3n) is 4.15. The van der Waals surface area contributed by atoms with Gasteiger partial charge >= 0.3 is 11.3 Å². The topological polar surface area (TPSA) is 87.5 Å². The number of hydrogen-bond donors (Lipinski definition) is 0. The Bertz CT molecular complexity index is 1180. The van der Waals surface area contributed by atoms with Crippen LogP contribution in [0.5, 0.6) is 5.75 Å². The molecule has 3 rings (SSSR count). The van der Waals surface area contributed by atoms with Crippen LogP contribution in [-0.4, -0.2) is 16.3 Å². The molecule has 0 aliphatic rings. The van der Waals surface area contributed by atoms with Gasteiger partial charge in [-0.3, -0.25) is 0 Å². The molecule has 0 heterocycles. The molecule has 3 aromatic rings. The van der Waals surface area contributed by atoms with Gasteiger partial charge in [-0.15, -0.1) is 0 Å². The van der Waals surface area contributed by atoms with Crippen LogP contribution in [0.3, 0.4) is 0 Å². The highest BCUT2D eigenvalue weighted by Gasteiger charge is 2.32. The third kappa shape index (κ3) is 5.02. The van der Waals surface area contributed by atoms with Crippen molar-refractivity contribution in [3.63, 3.8) is 0 Å². The lowest BCUT2D eigenvalue weighted by Gasteiger charge is -2.20. The first kappa shape index (κ1) is 21.5. The Hall–Kier alpha value is -3.25. The Morgan fingerprint density at radius 2 is 1.63 bits per heavy atom. The van der Waals surface area contributed by atoms with E-state index in [4.69, 9.17) is 9.44 Å². The summed E-state index contributed by atoms with van der Waals surface area (Å²) >= 11 is -2.33. The largest absolute Gasteiger partial charge is 0.388 e. The minimum atomic E-state index is -4.15. The van der Waals surface area contributed by atoms with Crippen molar-refractivity contribution >= 4 is 27.4 Å². The van der Waals surface area contributed by atoms with Crippen LogP contribution >= 0.6 is 0 Å². The number of hydrogen-bond acceptors (Lipinski definition) is 5. The zero-order valence-corrected chi connectivity index (χ0v) is 17.5. The number of benzene rings is 3. The molecule has 6 nitrogen and oxygen atoms in total. The van der Waals surface area contributed by atoms with Crippen molar-refractivity contribution in [2.45, 2.75) is 11.4 Å². The molecule has 1 atom stereocenters. The smallest absolute Gasteiger partial charge is 0.305 e. The van der Waals surface area contributed by atoms with Crippen LogP contribution in [0.2, 0.25) is 0 Å². The molecule has 0 aliphatic carbocycles. The summed E-state index contributed by atoms with van der Waals surface area (Å²) < 4.78 is 45.7. The predicted molar refractivity (Wildman–Crippen MR) is 116 cm³/mol. The van der Waals surface area contributed by atoms with E-state index in [9.17, 15) is 12.6 Å². The van der Waals surface area contributed by atoms with Crippen LogP contribution < -0.4 is 4.18 Å². The molecule has 0 amide bonds. The van der Waals surface area contributed by atoms with Crippen molar-refractivity contribution in [2.24, 2.45) is 0 Å². The molecule has 0 N–H and O–H groups in total. The molecule has 0 radical (unpaired) electrons. The van der Waals surface area contributed by atoms with Gasteiger partial charge in [-0.25, -0.2) is 8.42 Å². The molecule has 1 unspecified atom stereocenters. The van der Waals surface area contributed by atoms with Crippen molar-refractivity contribution in [2.75, 3.05) is 0 Å². The second-order valence-electron chi connectivity index (χ2n) is 6.16. The van der Waals surface area contributed by atoms with Gasteiger partial charge in [0.25, 0.3) is 10.0 Å². The molecule has 3 aromatic carbocycles. The summed E-state index contributed by atoms with van der Waals surface area (Å²) in [7, 11) is -4.15. The average Bonchev–Trinajstić information content (AvgIpc) is 2.78. The molecule has 0 saturated carbocycles. The first-order chi connectivity index (χ1) is 14.4. The maximum absolute atomic E-state index is 13.3. The van der Waals surface area contributed by atoms with E-state index < -0.39 is 21.3 Å². The molecule has 30 heavy (non-hydrogen) atoms. The Morgan fingerprint density at radius 1 is 1.00 bits per heavy atom. The van der Waals surface area contributed by atoms with Crippen LogP contribution in [0.1, 0.15) is 16.7 Å². The fraction of sp³-hybridized carbons (Fsp3) is 0.0455. The van der Waals surface area contributed by atoms with Crippen molar-refractivity contribution < 1.29 is 16.8 Å². The maximum Gasteiger partial charge on any atom is 0.305 e. The molecule has 0 spiro atoms. The molecule has 0 aromatic heterocycles. The van der Waals surface area contributed by atoms with E-state index in [1.807, 2.05) is 6.07 Å². The van der Waals surface area contributed by atoms with E-state index >= 15 is 0 Å². The van der Waals surface area contributed by atoms with Gasteiger partial charge in [-0.1, -0.05) is 58.8 Å². The Balaban J connectivity index is 1.97. The fourth-order valence-electron chi connectivity index (χ4n) is 2.54. The highest BCUT2D eigenvalue weighted by Crippen LogP contribution is 2.23. The summed E-state index contributed by atoms with van der Waals surface area (Å²) in [5, 5.41) is 8.95. The molecular formula is C22H18N2O4S2. The Morgan fingerprint density at radius 3 is 2.20 bits per heavy atom. The van der Waals surface area contributed by atoms with Gasteiger partial charge in [0.15, 0.2) is 0 Å². The normalized spacial score (nSPS) is 12.1. The number of nitrogens with zero attached hydrogens (tertiary/aromatic N) is 2. The Kier molecular flexibility index (Phi) is 6.79. The summed E-state index contributed by atoms with van der Waals surface area (Å²) in [6, 6.07) is 22.8. The highest BCUT2D eigenvalue weighted by molar-refractivity contribution is 7.99. The first-order valence-corrected chi connectivity index (χ1v) is 11.3. The second kappa shape index (κ2) is 9.50. The lowest BCUT2D eigenvalue weighted by Crippen LogP contribution is -2.34. The van der Waals surface area contributed by atoms with Crippen LogP contribution in [0.4, 0.5) is 0 Å². The maximum atomic E-state index is 13.3. The van der Waals surface area contributed by atoms with Gasteiger partial charge in [-0.05, 0) is 47.5 Å². The fourth-order valence-corrected chi connectivity index (χ4v) is 5.18. The number of para-hydroxylation sites is 1. The zero-order chi connectivity index (χ0) is 21.6. The molecule has 152 valence electrons. The van der Waals surface area contributed by atoms with Crippen molar-refractivity contribution in [1.82, 2.24) is 3.71 Å². The molecule has 8 heteroatoms. The highest BCUT2D eigenvalue weighted by atomic mass is 32.3. The van der Waals surface area contributed by atoms with Crippen molar-refractivity contribution in [1.29, 1.82) is 5.26 Å². The van der Waals surface area contributed by atoms with Gasteiger partial charge < -0.3 is 4.18 Å². The predicted octanol–water partition coefficient (Wildman–Crippen LogP) is 4.05. The molecule has 0 fully saturated rings. The summed E-state index contributed by atoms with van der Waals surface area (Å²) in [6.45, 7) is 3.45. The lowest BCUT2D eigenvalue weighted by molar-refractivity contribution is 0.478. The summed E-state index contributed by atoms with van der Waals surface area (Å²) in [4.78, 5) is -0.0215. The minimum Gasteiger partial charge on any atom is -0.388 e. The summed E-state index contributed by atoms with van der Waals surface area (Å²) in [5.74, 6) is 0.276. The average molecular weight is 439 g/mol. The summed E-state index contributed by atoms with van der Waals surface area (Å²) in [5.41, 5.74) is 1.76. The van der Waals surface area contributed by atoms with Crippen LogP contribution in [0.25, 0.3) is 6.08 Å². The molecule has 0 aliphatic heterocycles. The van der Waals surface area contributed by atoms with Gasteiger partial charge in [-0.2, -0.15) is 9.47 Å². The number of nitriles is 1. The van der Waals surface area contributed by atoms with E-state index in [0.29, 0.717) is 11.1 Å². The van der Waals surface area contributed by atoms with E-state index in [0.717, 1.165) is 9.27 Å². The molecular weight excluding hydrogens is 420 g/mol. The van der Waals surface area contributed by atoms with Gasteiger partial charge in [0.05, 0.1) is 23.1 Å². The van der Waals surface area contributed by atoms with Gasteiger partial charge in [0.1, 0.15) is 5.75 Å². The van der Waals surface area contributed by atoms with E-state index in [-0.39, 0.29) is 17.2 Å². The van der Waals surface area contributed by atoms with Gasteiger partial charge in [0.2, 0.25) is 0 Å². The monoisotopic (exact) mass is 438 g/mol. The molecule has 0 saturated heterocycles. The lowest BCUT2D eigenvalue weighted by atomic mass is 10.1. The Labute approximate surface area is 178 Å². The van der Waals surface area contributed by atoms with Crippen molar-refractivity contribution in [3.8, 4) is 11.8 Å². The van der Waals surface area contributed by atoms with Crippen molar-refractivity contribution in [3.05, 3.63) is 102 Å². The standard InChI is InChI=1S/C22H18N2O4S2/c1-2-18-12-14-22(15-13-18)30(26,27)24(17-20-10-8-19(16-23)9-11-20)29(25)28-21-6-4-3-5-7-21/h2-15H,1,17H2. The number of rotatable bonds is 8. The molecule has 0 bridgehead atoms. The van der Waals surface area contributed by atoms with Crippen LogP contribution in [0.15, 0.2) is 90.3 Å². The van der Waals surface area contributed by atoms with E-state index in [1.165, 1.54) is 12.1 Å². The minimum absolute atomic E-state index is 0.0215. The van der Waals surface area contributed by atoms with Crippen LogP contribution in [-0.2, 0) is 27.8 Å².